The van der Waals surface area contributed by atoms with E-state index in [0.717, 1.165) is 35.2 Å². The average Bonchev–Trinajstić information content (AvgIpc) is 3.25. The van der Waals surface area contributed by atoms with Gasteiger partial charge in [0.05, 0.1) is 22.3 Å². The van der Waals surface area contributed by atoms with Crippen LogP contribution in [0.2, 0.25) is 0 Å². The van der Waals surface area contributed by atoms with Crippen LogP contribution in [0.4, 0.5) is 9.93 Å². The fourth-order valence-corrected chi connectivity index (χ4v) is 5.81. The normalized spacial score (nSPS) is 24.8. The number of nitrogens with one attached hydrogen (secondary N) is 3. The first-order valence-corrected chi connectivity index (χ1v) is 10.4. The van der Waals surface area contributed by atoms with Crippen LogP contribution in [-0.4, -0.2) is 40.0 Å². The Hall–Kier alpha value is -1.80. The van der Waals surface area contributed by atoms with Gasteiger partial charge >= 0.3 is 6.03 Å². The van der Waals surface area contributed by atoms with Crippen LogP contribution in [0.3, 0.4) is 0 Å². The third-order valence-corrected chi connectivity index (χ3v) is 7.08. The number of unbranched alkanes of at least 4 members (excludes halogenated alkanes) is 1. The summed E-state index contributed by atoms with van der Waals surface area (Å²) >= 11 is 3.42. The van der Waals surface area contributed by atoms with Crippen molar-refractivity contribution in [2.45, 2.75) is 43.0 Å². The molecule has 2 aromatic rings. The first kappa shape index (κ1) is 16.7. The van der Waals surface area contributed by atoms with Crippen LogP contribution in [0.5, 0.6) is 0 Å². The van der Waals surface area contributed by atoms with Gasteiger partial charge in [-0.05, 0) is 25.0 Å². The third kappa shape index (κ3) is 3.74. The van der Waals surface area contributed by atoms with E-state index in [1.165, 1.54) is 11.3 Å². The lowest BCUT2D eigenvalue weighted by atomic mass is 10.0. The number of urea groups is 1. The number of fused-ring (bicyclic) bond motifs is 2. The summed E-state index contributed by atoms with van der Waals surface area (Å²) in [4.78, 5) is 27.9. The zero-order chi connectivity index (χ0) is 17.2. The maximum Gasteiger partial charge on any atom is 0.315 e. The molecule has 2 fully saturated rings. The number of anilines is 1. The number of thioether (sulfide) groups is 1. The van der Waals surface area contributed by atoms with E-state index in [2.05, 4.69) is 20.9 Å². The van der Waals surface area contributed by atoms with Crippen LogP contribution in [0.1, 0.15) is 25.7 Å². The predicted molar refractivity (Wildman–Crippen MR) is 102 cm³/mol. The van der Waals surface area contributed by atoms with Crippen LogP contribution in [-0.2, 0) is 4.79 Å². The lowest BCUT2D eigenvalue weighted by molar-refractivity contribution is -0.116. The second-order valence-corrected chi connectivity index (χ2v) is 8.71. The summed E-state index contributed by atoms with van der Waals surface area (Å²) in [5.74, 6) is 0.999. The van der Waals surface area contributed by atoms with Crippen molar-refractivity contribution >= 4 is 50.4 Å². The minimum absolute atomic E-state index is 0.0202. The van der Waals surface area contributed by atoms with Gasteiger partial charge in [0.2, 0.25) is 5.91 Å². The number of aromatic nitrogens is 1. The molecule has 8 heteroatoms. The predicted octanol–water partition coefficient (Wildman–Crippen LogP) is 2.96. The van der Waals surface area contributed by atoms with E-state index in [4.69, 9.17) is 0 Å². The summed E-state index contributed by atoms with van der Waals surface area (Å²) in [5, 5.41) is 9.98. The highest BCUT2D eigenvalue weighted by Gasteiger charge is 2.42. The van der Waals surface area contributed by atoms with E-state index in [1.807, 2.05) is 36.0 Å². The molecule has 0 aliphatic carbocycles. The summed E-state index contributed by atoms with van der Waals surface area (Å²) in [5.41, 5.74) is 0.919. The molecule has 2 saturated heterocycles. The van der Waals surface area contributed by atoms with Crippen LogP contribution in [0, 0.1) is 0 Å². The van der Waals surface area contributed by atoms with Gasteiger partial charge in [-0.1, -0.05) is 29.9 Å². The fraction of sp³-hybridized carbons (Fsp3) is 0.471. The molecule has 0 radical (unpaired) electrons. The quantitative estimate of drug-likeness (QED) is 0.535. The summed E-state index contributed by atoms with van der Waals surface area (Å²) < 4.78 is 1.08. The lowest BCUT2D eigenvalue weighted by Crippen LogP contribution is -2.36. The second kappa shape index (κ2) is 7.21. The Morgan fingerprint density at radius 2 is 2.16 bits per heavy atom. The van der Waals surface area contributed by atoms with E-state index in [-0.39, 0.29) is 24.0 Å². The molecule has 0 unspecified atom stereocenters. The van der Waals surface area contributed by atoms with Gasteiger partial charge in [0.1, 0.15) is 0 Å². The molecular weight excluding hydrogens is 356 g/mol. The molecular formula is C17H20N4O2S2. The molecule has 1 aromatic carbocycles. The first-order chi connectivity index (χ1) is 12.2. The number of hydrogen-bond acceptors (Lipinski definition) is 5. The maximum atomic E-state index is 12.1. The number of amides is 3. The molecule has 0 saturated carbocycles. The van der Waals surface area contributed by atoms with Gasteiger partial charge in [0.25, 0.3) is 0 Å². The molecule has 3 amide bonds. The summed E-state index contributed by atoms with van der Waals surface area (Å²) in [6.07, 6.45) is 3.38. The molecule has 3 heterocycles. The molecule has 25 heavy (non-hydrogen) atoms. The van der Waals surface area contributed by atoms with Gasteiger partial charge < -0.3 is 16.0 Å². The van der Waals surface area contributed by atoms with Gasteiger partial charge in [-0.25, -0.2) is 9.78 Å². The molecule has 1 aromatic heterocycles. The number of para-hydroxylation sites is 1. The van der Waals surface area contributed by atoms with Crippen LogP contribution in [0.15, 0.2) is 24.3 Å². The van der Waals surface area contributed by atoms with Gasteiger partial charge in [-0.3, -0.25) is 4.79 Å². The number of nitrogens with zero attached hydrogens (tertiary/aromatic N) is 1. The van der Waals surface area contributed by atoms with Crippen molar-refractivity contribution in [3.8, 4) is 0 Å². The van der Waals surface area contributed by atoms with Crippen molar-refractivity contribution in [2.75, 3.05) is 11.1 Å². The van der Waals surface area contributed by atoms with Crippen LogP contribution >= 0.6 is 23.1 Å². The Labute approximate surface area is 154 Å². The molecule has 4 rings (SSSR count). The van der Waals surface area contributed by atoms with Crippen LogP contribution < -0.4 is 16.0 Å². The third-order valence-electron chi connectivity index (χ3n) is 4.62. The molecule has 0 spiro atoms. The smallest absolute Gasteiger partial charge is 0.315 e. The average molecular weight is 377 g/mol. The monoisotopic (exact) mass is 376 g/mol. The van der Waals surface area contributed by atoms with Crippen molar-refractivity contribution in [1.29, 1.82) is 0 Å². The van der Waals surface area contributed by atoms with Gasteiger partial charge in [0.15, 0.2) is 5.13 Å². The second-order valence-electron chi connectivity index (χ2n) is 6.40. The molecule has 0 bridgehead atoms. The van der Waals surface area contributed by atoms with Gasteiger partial charge in [-0.2, -0.15) is 11.8 Å². The highest BCUT2D eigenvalue weighted by Crippen LogP contribution is 2.33. The van der Waals surface area contributed by atoms with Crippen molar-refractivity contribution in [3.63, 3.8) is 0 Å². The van der Waals surface area contributed by atoms with Crippen molar-refractivity contribution < 1.29 is 9.59 Å². The minimum Gasteiger partial charge on any atom is -0.332 e. The summed E-state index contributed by atoms with van der Waals surface area (Å²) in [6.45, 7) is 0. The number of hydrogen-bond donors (Lipinski definition) is 3. The van der Waals surface area contributed by atoms with E-state index in [1.54, 1.807) is 0 Å². The van der Waals surface area contributed by atoms with Gasteiger partial charge in [-0.15, -0.1) is 0 Å². The Morgan fingerprint density at radius 1 is 1.28 bits per heavy atom. The Balaban J connectivity index is 1.20. The number of thiazole rings is 1. The Bertz CT molecular complexity index is 761. The van der Waals surface area contributed by atoms with Crippen molar-refractivity contribution in [2.24, 2.45) is 0 Å². The van der Waals surface area contributed by atoms with Crippen molar-refractivity contribution in [3.05, 3.63) is 24.3 Å². The number of rotatable bonds is 6. The Kier molecular flexibility index (Phi) is 4.80. The topological polar surface area (TPSA) is 83.1 Å². The van der Waals surface area contributed by atoms with Crippen LogP contribution in [0.25, 0.3) is 10.2 Å². The highest BCUT2D eigenvalue weighted by molar-refractivity contribution is 8.00. The van der Waals surface area contributed by atoms with E-state index < -0.39 is 0 Å². The molecule has 3 N–H and O–H groups in total. The number of benzene rings is 1. The summed E-state index contributed by atoms with van der Waals surface area (Å²) in [7, 11) is 0. The van der Waals surface area contributed by atoms with Gasteiger partial charge in [0, 0.05) is 17.4 Å². The standard InChI is InChI=1S/C17H20N4O2S2/c22-14(20-17-19-10-5-1-2-6-12(10)25-17)8-4-3-7-13-15-11(9-24-13)18-16(23)21-15/h1-2,5-6,11,13,15H,3-4,7-9H2,(H2,18,21,23)(H,19,20,22)/t11-,13-,15-/m0/s1. The zero-order valence-electron chi connectivity index (χ0n) is 13.7. The maximum absolute atomic E-state index is 12.1. The zero-order valence-corrected chi connectivity index (χ0v) is 15.3. The highest BCUT2D eigenvalue weighted by atomic mass is 32.2. The fourth-order valence-electron chi connectivity index (χ4n) is 3.38. The SMILES string of the molecule is O=C(CCCC[C@@H]1SC[C@@H]2NC(=O)N[C@@H]21)Nc1nc2ccccc2s1. The van der Waals surface area contributed by atoms with E-state index in [9.17, 15) is 9.59 Å². The molecule has 2 aliphatic rings. The molecule has 132 valence electrons. The van der Waals surface area contributed by atoms with Crippen molar-refractivity contribution in [1.82, 2.24) is 15.6 Å². The lowest BCUT2D eigenvalue weighted by Gasteiger charge is -2.16. The first-order valence-electron chi connectivity index (χ1n) is 8.53. The minimum atomic E-state index is -0.0458. The van der Waals surface area contributed by atoms with E-state index in [0.29, 0.717) is 16.8 Å². The number of carbonyl (C=O) groups is 2. The molecule has 2 aliphatic heterocycles. The molecule has 6 nitrogen and oxygen atoms in total. The Morgan fingerprint density at radius 3 is 3.04 bits per heavy atom. The molecule has 3 atom stereocenters. The largest absolute Gasteiger partial charge is 0.332 e. The van der Waals surface area contributed by atoms with E-state index >= 15 is 0 Å². The summed E-state index contributed by atoms with van der Waals surface area (Å²) in [6, 6.07) is 8.34. The number of carbonyl (C=O) groups excluding carboxylic acids is 2.